The second-order valence-electron chi connectivity index (χ2n) is 7.15. The van der Waals surface area contributed by atoms with Crippen LogP contribution in [-0.4, -0.2) is 43.6 Å². The van der Waals surface area contributed by atoms with Crippen molar-refractivity contribution < 1.29 is 9.53 Å². The summed E-state index contributed by atoms with van der Waals surface area (Å²) in [5.74, 6) is 2.08. The lowest BCUT2D eigenvalue weighted by molar-refractivity contribution is -0.139. The van der Waals surface area contributed by atoms with Crippen LogP contribution in [0.1, 0.15) is 51.5 Å². The van der Waals surface area contributed by atoms with Crippen molar-refractivity contribution in [2.24, 2.45) is 5.92 Å². The maximum Gasteiger partial charge on any atom is 0.263 e. The van der Waals surface area contributed by atoms with Crippen molar-refractivity contribution >= 4 is 5.91 Å². The molecule has 1 fully saturated rings. The van der Waals surface area contributed by atoms with Crippen molar-refractivity contribution in [3.63, 3.8) is 0 Å². The van der Waals surface area contributed by atoms with E-state index in [0.29, 0.717) is 5.92 Å². The first-order valence-corrected chi connectivity index (χ1v) is 9.21. The molecule has 0 bridgehead atoms. The zero-order chi connectivity index (χ0) is 17.5. The Bertz CT molecular complexity index is 522. The van der Waals surface area contributed by atoms with Gasteiger partial charge < -0.3 is 15.0 Å². The van der Waals surface area contributed by atoms with Gasteiger partial charge >= 0.3 is 0 Å². The van der Waals surface area contributed by atoms with Crippen LogP contribution >= 0.6 is 0 Å². The highest BCUT2D eigenvalue weighted by Gasteiger charge is 2.26. The molecule has 2 rings (SSSR count). The van der Waals surface area contributed by atoms with Gasteiger partial charge in [0, 0.05) is 13.1 Å². The number of piperidine rings is 1. The fourth-order valence-corrected chi connectivity index (χ4v) is 3.25. The smallest absolute Gasteiger partial charge is 0.263 e. The first-order chi connectivity index (χ1) is 11.5. The normalized spacial score (nSPS) is 17.1. The fraction of sp³-hybridized carbons (Fsp3) is 0.650. The summed E-state index contributed by atoms with van der Waals surface area (Å²) in [4.78, 5) is 14.6. The number of benzene rings is 1. The van der Waals surface area contributed by atoms with Crippen molar-refractivity contribution in [3.05, 3.63) is 29.8 Å². The number of rotatable bonds is 7. The molecule has 0 radical (unpaired) electrons. The molecule has 1 aliphatic rings. The molecule has 1 aliphatic heterocycles. The van der Waals surface area contributed by atoms with Gasteiger partial charge in [-0.25, -0.2) is 0 Å². The monoisotopic (exact) mass is 332 g/mol. The van der Waals surface area contributed by atoms with Crippen molar-refractivity contribution in [3.8, 4) is 5.75 Å². The molecule has 134 valence electrons. The number of carbonyl (C=O) groups is 1. The molecule has 1 atom stereocenters. The van der Waals surface area contributed by atoms with Gasteiger partial charge in [-0.3, -0.25) is 4.79 Å². The van der Waals surface area contributed by atoms with E-state index >= 15 is 0 Å². The third-order valence-electron chi connectivity index (χ3n) is 4.91. The summed E-state index contributed by atoms with van der Waals surface area (Å²) in [6.45, 7) is 8.94. The third kappa shape index (κ3) is 5.23. The molecular weight excluding hydrogens is 300 g/mol. The number of carbonyl (C=O) groups excluding carboxylic acids is 1. The van der Waals surface area contributed by atoms with Gasteiger partial charge in [0.15, 0.2) is 6.10 Å². The molecule has 0 aliphatic carbocycles. The first kappa shape index (κ1) is 18.8. The van der Waals surface area contributed by atoms with Crippen LogP contribution in [-0.2, 0) is 4.79 Å². The molecule has 0 spiro atoms. The summed E-state index contributed by atoms with van der Waals surface area (Å²) in [7, 11) is 1.99. The average Bonchev–Trinajstić information content (AvgIpc) is 2.60. The molecule has 4 nitrogen and oxygen atoms in total. The predicted molar refractivity (Wildman–Crippen MR) is 98.5 cm³/mol. The molecule has 24 heavy (non-hydrogen) atoms. The van der Waals surface area contributed by atoms with Crippen LogP contribution in [0.4, 0.5) is 0 Å². The minimum atomic E-state index is -0.429. The fourth-order valence-electron chi connectivity index (χ4n) is 3.25. The van der Waals surface area contributed by atoms with Gasteiger partial charge in [0.1, 0.15) is 5.75 Å². The summed E-state index contributed by atoms with van der Waals surface area (Å²) in [5, 5.41) is 3.21. The summed E-state index contributed by atoms with van der Waals surface area (Å²) in [6.07, 6.45) is 2.97. The Morgan fingerprint density at radius 1 is 1.29 bits per heavy atom. The van der Waals surface area contributed by atoms with Gasteiger partial charge in [0.05, 0.1) is 0 Å². The molecule has 1 amide bonds. The lowest BCUT2D eigenvalue weighted by Crippen LogP contribution is -2.45. The van der Waals surface area contributed by atoms with Gasteiger partial charge in [-0.2, -0.15) is 0 Å². The molecule has 1 heterocycles. The quantitative estimate of drug-likeness (QED) is 0.832. The molecular formula is C20H32N2O2. The summed E-state index contributed by atoms with van der Waals surface area (Å²) < 4.78 is 5.91. The predicted octanol–water partition coefficient (Wildman–Crippen LogP) is 3.43. The number of ether oxygens (including phenoxy) is 1. The number of nitrogens with zero attached hydrogens (tertiary/aromatic N) is 1. The van der Waals surface area contributed by atoms with Crippen molar-refractivity contribution in [1.29, 1.82) is 0 Å². The standard InChI is InChI=1S/C20H32N2O2/c1-15(2)18-6-5-7-19(14-18)24-16(3)20(23)22-12-9-17(10-13-22)8-11-21-4/h5-7,14-17,21H,8-13H2,1-4H3. The van der Waals surface area contributed by atoms with Crippen LogP contribution in [0.25, 0.3) is 0 Å². The number of hydrogen-bond acceptors (Lipinski definition) is 3. The van der Waals surface area contributed by atoms with Gasteiger partial charge in [0.25, 0.3) is 5.91 Å². The van der Waals surface area contributed by atoms with Gasteiger partial charge in [0.2, 0.25) is 0 Å². The SMILES string of the molecule is CNCCC1CCN(C(=O)C(C)Oc2cccc(C(C)C)c2)CC1. The highest BCUT2D eigenvalue weighted by Crippen LogP contribution is 2.23. The van der Waals surface area contributed by atoms with E-state index in [2.05, 4.69) is 25.2 Å². The molecule has 4 heteroatoms. The summed E-state index contributed by atoms with van der Waals surface area (Å²) >= 11 is 0. The molecule has 0 aromatic heterocycles. The summed E-state index contributed by atoms with van der Waals surface area (Å²) in [6, 6.07) is 8.06. The van der Waals surface area contributed by atoms with Crippen LogP contribution in [0, 0.1) is 5.92 Å². The molecule has 1 aromatic carbocycles. The highest BCUT2D eigenvalue weighted by molar-refractivity contribution is 5.81. The Labute approximate surface area is 146 Å². The van der Waals surface area contributed by atoms with Gasteiger partial charge in [-0.05, 0) is 69.3 Å². The Kier molecular flexibility index (Phi) is 7.10. The van der Waals surface area contributed by atoms with E-state index in [9.17, 15) is 4.79 Å². The number of hydrogen-bond donors (Lipinski definition) is 1. The van der Waals surface area contributed by atoms with E-state index in [1.807, 2.05) is 37.1 Å². The van der Waals surface area contributed by atoms with E-state index in [1.54, 1.807) is 0 Å². The zero-order valence-electron chi connectivity index (χ0n) is 15.5. The van der Waals surface area contributed by atoms with Gasteiger partial charge in [-0.15, -0.1) is 0 Å². The number of likely N-dealkylation sites (tertiary alicyclic amines) is 1. The van der Waals surface area contributed by atoms with E-state index in [-0.39, 0.29) is 5.91 Å². The van der Waals surface area contributed by atoms with E-state index in [0.717, 1.165) is 44.1 Å². The van der Waals surface area contributed by atoms with Crippen molar-refractivity contribution in [2.75, 3.05) is 26.7 Å². The lowest BCUT2D eigenvalue weighted by Gasteiger charge is -2.33. The van der Waals surface area contributed by atoms with E-state index in [1.165, 1.54) is 12.0 Å². The molecule has 1 aromatic rings. The maximum atomic E-state index is 12.6. The second kappa shape index (κ2) is 9.07. The molecule has 1 saturated heterocycles. The third-order valence-corrected chi connectivity index (χ3v) is 4.91. The minimum Gasteiger partial charge on any atom is -0.481 e. The van der Waals surface area contributed by atoms with Crippen molar-refractivity contribution in [1.82, 2.24) is 10.2 Å². The van der Waals surface area contributed by atoms with Gasteiger partial charge in [-0.1, -0.05) is 26.0 Å². The van der Waals surface area contributed by atoms with Crippen molar-refractivity contribution in [2.45, 2.75) is 52.1 Å². The number of amides is 1. The van der Waals surface area contributed by atoms with E-state index in [4.69, 9.17) is 4.74 Å². The van der Waals surface area contributed by atoms with E-state index < -0.39 is 6.10 Å². The topological polar surface area (TPSA) is 41.6 Å². The number of nitrogens with one attached hydrogen (secondary N) is 1. The first-order valence-electron chi connectivity index (χ1n) is 9.21. The highest BCUT2D eigenvalue weighted by atomic mass is 16.5. The average molecular weight is 332 g/mol. The van der Waals surface area contributed by atoms with Crippen LogP contribution in [0.2, 0.25) is 0 Å². The van der Waals surface area contributed by atoms with Crippen LogP contribution < -0.4 is 10.1 Å². The Morgan fingerprint density at radius 2 is 2.00 bits per heavy atom. The largest absolute Gasteiger partial charge is 0.481 e. The Balaban J connectivity index is 1.85. The van der Waals surface area contributed by atoms with Crippen LogP contribution in [0.3, 0.4) is 0 Å². The maximum absolute atomic E-state index is 12.6. The Hall–Kier alpha value is -1.55. The second-order valence-corrected chi connectivity index (χ2v) is 7.15. The zero-order valence-corrected chi connectivity index (χ0v) is 15.5. The minimum absolute atomic E-state index is 0.108. The van der Waals surface area contributed by atoms with Crippen LogP contribution in [0.15, 0.2) is 24.3 Å². The molecule has 0 saturated carbocycles. The summed E-state index contributed by atoms with van der Waals surface area (Å²) in [5.41, 5.74) is 1.23. The van der Waals surface area contributed by atoms with Crippen LogP contribution in [0.5, 0.6) is 5.75 Å². The lowest BCUT2D eigenvalue weighted by atomic mass is 9.93. The molecule has 1 N–H and O–H groups in total. The Morgan fingerprint density at radius 3 is 2.62 bits per heavy atom. The molecule has 1 unspecified atom stereocenters.